The van der Waals surface area contributed by atoms with Gasteiger partial charge in [0.05, 0.1) is 27.0 Å². The SMILES string of the molecule is COC(=O)C1=C(NCc2ccc(OC)cc2OC)C=C(Cl)NN1. The van der Waals surface area contributed by atoms with Gasteiger partial charge in [-0.15, -0.1) is 0 Å². The van der Waals surface area contributed by atoms with Gasteiger partial charge in [-0.2, -0.15) is 0 Å². The fourth-order valence-corrected chi connectivity index (χ4v) is 2.17. The van der Waals surface area contributed by atoms with Crippen molar-refractivity contribution in [3.63, 3.8) is 0 Å². The molecule has 0 saturated carbocycles. The second kappa shape index (κ2) is 7.64. The van der Waals surface area contributed by atoms with Gasteiger partial charge in [0.2, 0.25) is 0 Å². The highest BCUT2D eigenvalue weighted by Gasteiger charge is 2.19. The molecule has 0 aromatic heterocycles. The molecule has 0 saturated heterocycles. The second-order valence-electron chi connectivity index (χ2n) is 4.55. The topological polar surface area (TPSA) is 80.9 Å². The van der Waals surface area contributed by atoms with Crippen LogP contribution < -0.4 is 25.6 Å². The van der Waals surface area contributed by atoms with E-state index in [4.69, 9.17) is 25.8 Å². The number of hydrogen-bond acceptors (Lipinski definition) is 7. The summed E-state index contributed by atoms with van der Waals surface area (Å²) >= 11 is 5.92. The number of nitrogens with one attached hydrogen (secondary N) is 3. The van der Waals surface area contributed by atoms with Crippen molar-refractivity contribution < 1.29 is 19.0 Å². The molecular formula is C15H18ClN3O4. The normalized spacial score (nSPS) is 13.5. The van der Waals surface area contributed by atoms with Crippen LogP contribution in [0.25, 0.3) is 0 Å². The number of methoxy groups -OCH3 is 3. The summed E-state index contributed by atoms with van der Waals surface area (Å²) in [5.74, 6) is 0.864. The van der Waals surface area contributed by atoms with Crippen molar-refractivity contribution in [2.75, 3.05) is 21.3 Å². The number of carbonyl (C=O) groups excluding carboxylic acids is 1. The Kier molecular flexibility index (Phi) is 5.59. The van der Waals surface area contributed by atoms with Crippen molar-refractivity contribution in [1.29, 1.82) is 0 Å². The van der Waals surface area contributed by atoms with E-state index in [1.54, 1.807) is 26.4 Å². The Hall–Kier alpha value is -2.54. The fourth-order valence-electron chi connectivity index (χ4n) is 2.02. The fraction of sp³-hybridized carbons (Fsp3) is 0.267. The summed E-state index contributed by atoms with van der Waals surface area (Å²) in [6.07, 6.45) is 1.60. The van der Waals surface area contributed by atoms with E-state index in [0.29, 0.717) is 28.9 Å². The third-order valence-corrected chi connectivity index (χ3v) is 3.40. The number of benzene rings is 1. The molecule has 0 spiro atoms. The van der Waals surface area contributed by atoms with Gasteiger partial charge in [0.15, 0.2) is 5.70 Å². The van der Waals surface area contributed by atoms with Gasteiger partial charge in [-0.05, 0) is 12.1 Å². The average Bonchev–Trinajstić information content (AvgIpc) is 2.59. The minimum Gasteiger partial charge on any atom is -0.497 e. The zero-order chi connectivity index (χ0) is 16.8. The van der Waals surface area contributed by atoms with Crippen LogP contribution in [0.5, 0.6) is 11.5 Å². The molecule has 0 fully saturated rings. The Bertz CT molecular complexity index is 658. The lowest BCUT2D eigenvalue weighted by atomic mass is 10.1. The number of allylic oxidation sites excluding steroid dienone is 1. The lowest BCUT2D eigenvalue weighted by Crippen LogP contribution is -2.39. The third-order valence-electron chi connectivity index (χ3n) is 3.20. The van der Waals surface area contributed by atoms with Gasteiger partial charge in [0.1, 0.15) is 16.7 Å². The summed E-state index contributed by atoms with van der Waals surface area (Å²) in [5.41, 5.74) is 6.99. The van der Waals surface area contributed by atoms with Gasteiger partial charge in [-0.25, -0.2) is 4.79 Å². The van der Waals surface area contributed by atoms with Crippen molar-refractivity contribution >= 4 is 17.6 Å². The number of carbonyl (C=O) groups is 1. The summed E-state index contributed by atoms with van der Waals surface area (Å²) in [6, 6.07) is 5.50. The number of esters is 1. The smallest absolute Gasteiger partial charge is 0.358 e. The molecule has 0 bridgehead atoms. The molecule has 2 rings (SSSR count). The van der Waals surface area contributed by atoms with Gasteiger partial charge < -0.3 is 19.5 Å². The quantitative estimate of drug-likeness (QED) is 0.533. The minimum absolute atomic E-state index is 0.240. The lowest BCUT2D eigenvalue weighted by molar-refractivity contribution is -0.136. The number of rotatable bonds is 6. The van der Waals surface area contributed by atoms with Crippen LogP contribution in [-0.4, -0.2) is 27.3 Å². The summed E-state index contributed by atoms with van der Waals surface area (Å²) in [7, 11) is 4.48. The molecule has 7 nitrogen and oxygen atoms in total. The molecule has 1 aromatic rings. The number of halogens is 1. The molecule has 1 heterocycles. The molecule has 23 heavy (non-hydrogen) atoms. The summed E-state index contributed by atoms with van der Waals surface area (Å²) in [6.45, 7) is 0.422. The highest BCUT2D eigenvalue weighted by atomic mass is 35.5. The number of hydrazine groups is 1. The zero-order valence-corrected chi connectivity index (χ0v) is 13.8. The van der Waals surface area contributed by atoms with Gasteiger partial charge in [0, 0.05) is 24.3 Å². The Balaban J connectivity index is 2.21. The molecular weight excluding hydrogens is 322 g/mol. The Morgan fingerprint density at radius 2 is 2.00 bits per heavy atom. The lowest BCUT2D eigenvalue weighted by Gasteiger charge is -2.21. The van der Waals surface area contributed by atoms with Crippen molar-refractivity contribution in [2.45, 2.75) is 6.54 Å². The van der Waals surface area contributed by atoms with Gasteiger partial charge >= 0.3 is 5.97 Å². The first kappa shape index (κ1) is 16.8. The van der Waals surface area contributed by atoms with E-state index in [1.807, 2.05) is 12.1 Å². The predicted molar refractivity (Wildman–Crippen MR) is 85.6 cm³/mol. The Morgan fingerprint density at radius 3 is 2.65 bits per heavy atom. The van der Waals surface area contributed by atoms with Gasteiger partial charge in [-0.1, -0.05) is 11.6 Å². The van der Waals surface area contributed by atoms with Crippen LogP contribution in [0.2, 0.25) is 0 Å². The largest absolute Gasteiger partial charge is 0.497 e. The van der Waals surface area contributed by atoms with Crippen molar-refractivity contribution in [3.05, 3.63) is 46.4 Å². The first-order valence-electron chi connectivity index (χ1n) is 6.75. The highest BCUT2D eigenvalue weighted by Crippen LogP contribution is 2.25. The van der Waals surface area contributed by atoms with Crippen LogP contribution in [0.3, 0.4) is 0 Å². The van der Waals surface area contributed by atoms with E-state index < -0.39 is 5.97 Å². The predicted octanol–water partition coefficient (Wildman–Crippen LogP) is 1.37. The average molecular weight is 340 g/mol. The molecule has 0 atom stereocenters. The maximum atomic E-state index is 11.8. The molecule has 0 unspecified atom stereocenters. The number of hydrogen-bond donors (Lipinski definition) is 3. The highest BCUT2D eigenvalue weighted by molar-refractivity contribution is 6.29. The van der Waals surface area contributed by atoms with E-state index in [-0.39, 0.29) is 5.70 Å². The van der Waals surface area contributed by atoms with E-state index in [2.05, 4.69) is 16.2 Å². The molecule has 0 radical (unpaired) electrons. The van der Waals surface area contributed by atoms with E-state index in [0.717, 1.165) is 5.56 Å². The standard InChI is InChI=1S/C15H18ClN3O4/c1-21-10-5-4-9(12(6-10)22-2)8-17-11-7-13(16)18-19-14(11)15(20)23-3/h4-7,17-19H,8H2,1-3H3. The molecule has 0 amide bonds. The zero-order valence-electron chi connectivity index (χ0n) is 13.0. The third kappa shape index (κ3) is 4.01. The molecule has 124 valence electrons. The monoisotopic (exact) mass is 339 g/mol. The van der Waals surface area contributed by atoms with Crippen LogP contribution >= 0.6 is 11.6 Å². The van der Waals surface area contributed by atoms with Crippen LogP contribution in [0.15, 0.2) is 40.8 Å². The Morgan fingerprint density at radius 1 is 1.22 bits per heavy atom. The second-order valence-corrected chi connectivity index (χ2v) is 4.96. The molecule has 0 aliphatic carbocycles. The van der Waals surface area contributed by atoms with Gasteiger partial charge in [-0.3, -0.25) is 10.9 Å². The van der Waals surface area contributed by atoms with Crippen molar-refractivity contribution in [1.82, 2.24) is 16.2 Å². The minimum atomic E-state index is -0.512. The summed E-state index contributed by atoms with van der Waals surface area (Å²) < 4.78 is 15.2. The van der Waals surface area contributed by atoms with Crippen LogP contribution in [0, 0.1) is 0 Å². The van der Waals surface area contributed by atoms with Crippen LogP contribution in [-0.2, 0) is 16.1 Å². The first-order chi connectivity index (χ1) is 11.1. The molecule has 1 aliphatic heterocycles. The van der Waals surface area contributed by atoms with Crippen LogP contribution in [0.1, 0.15) is 5.56 Å². The van der Waals surface area contributed by atoms with Crippen molar-refractivity contribution in [2.24, 2.45) is 0 Å². The van der Waals surface area contributed by atoms with E-state index in [9.17, 15) is 4.79 Å². The van der Waals surface area contributed by atoms with E-state index in [1.165, 1.54) is 7.11 Å². The number of ether oxygens (including phenoxy) is 3. The molecule has 8 heteroatoms. The van der Waals surface area contributed by atoms with Gasteiger partial charge in [0.25, 0.3) is 0 Å². The maximum Gasteiger partial charge on any atom is 0.358 e. The molecule has 1 aromatic carbocycles. The molecule has 1 aliphatic rings. The first-order valence-corrected chi connectivity index (χ1v) is 7.13. The van der Waals surface area contributed by atoms with Crippen LogP contribution in [0.4, 0.5) is 0 Å². The molecule has 3 N–H and O–H groups in total. The van der Waals surface area contributed by atoms with Crippen molar-refractivity contribution in [3.8, 4) is 11.5 Å². The van der Waals surface area contributed by atoms with E-state index >= 15 is 0 Å². The summed E-state index contributed by atoms with van der Waals surface area (Å²) in [4.78, 5) is 11.8. The maximum absolute atomic E-state index is 11.8. The Labute approximate surface area is 139 Å². The summed E-state index contributed by atoms with van der Waals surface area (Å²) in [5, 5.41) is 3.49.